The molecule has 78 valence electrons. The molecule has 2 aromatic rings. The highest BCUT2D eigenvalue weighted by atomic mass is 32.1. The van der Waals surface area contributed by atoms with Gasteiger partial charge in [-0.1, -0.05) is 0 Å². The van der Waals surface area contributed by atoms with Crippen LogP contribution in [-0.2, 0) is 19.3 Å². The number of thiophene rings is 2. The Balaban J connectivity index is 2.07. The molecule has 0 unspecified atom stereocenters. The largest absolute Gasteiger partial charge is 0.145 e. The molecule has 0 amide bonds. The van der Waals surface area contributed by atoms with E-state index in [9.17, 15) is 0 Å². The van der Waals surface area contributed by atoms with Crippen LogP contribution in [0.4, 0.5) is 0 Å². The Morgan fingerprint density at radius 3 is 1.80 bits per heavy atom. The van der Waals surface area contributed by atoms with Crippen LogP contribution in [0, 0.1) is 13.8 Å². The molecule has 15 heavy (non-hydrogen) atoms. The van der Waals surface area contributed by atoms with Gasteiger partial charge in [-0.15, -0.1) is 22.7 Å². The second kappa shape index (κ2) is 3.46. The molecule has 0 bridgehead atoms. The van der Waals surface area contributed by atoms with Crippen molar-refractivity contribution in [1.82, 2.24) is 0 Å². The van der Waals surface area contributed by atoms with E-state index in [0.29, 0.717) is 0 Å². The molecule has 2 aromatic heterocycles. The van der Waals surface area contributed by atoms with E-state index in [1.165, 1.54) is 29.0 Å². The van der Waals surface area contributed by atoms with Gasteiger partial charge in [0.15, 0.2) is 0 Å². The highest BCUT2D eigenvalue weighted by Gasteiger charge is 2.16. The monoisotopic (exact) mass is 234 g/mol. The van der Waals surface area contributed by atoms with Crippen LogP contribution in [0.1, 0.15) is 30.6 Å². The predicted octanol–water partition coefficient (Wildman–Crippen LogP) is 4.12. The highest BCUT2D eigenvalue weighted by molar-refractivity contribution is 7.12. The van der Waals surface area contributed by atoms with Gasteiger partial charge in [-0.3, -0.25) is 0 Å². The lowest BCUT2D eigenvalue weighted by Crippen LogP contribution is -1.84. The minimum atomic E-state index is 1.17. The molecule has 1 aliphatic carbocycles. The third-order valence-electron chi connectivity index (χ3n) is 3.00. The summed E-state index contributed by atoms with van der Waals surface area (Å²) in [5.74, 6) is 0. The molecule has 0 fully saturated rings. The normalized spacial score (nSPS) is 14.5. The lowest BCUT2D eigenvalue weighted by Gasteiger charge is -1.95. The third-order valence-corrected chi connectivity index (χ3v) is 5.30. The predicted molar refractivity (Wildman–Crippen MR) is 68.3 cm³/mol. The molecule has 0 saturated heterocycles. The van der Waals surface area contributed by atoms with Crippen molar-refractivity contribution >= 4 is 22.7 Å². The van der Waals surface area contributed by atoms with Crippen LogP contribution < -0.4 is 0 Å². The first-order chi connectivity index (χ1) is 7.22. The van der Waals surface area contributed by atoms with Gasteiger partial charge in [0, 0.05) is 19.5 Å². The summed E-state index contributed by atoms with van der Waals surface area (Å²) in [5, 5.41) is 0. The van der Waals surface area contributed by atoms with Crippen molar-refractivity contribution in [2.24, 2.45) is 0 Å². The van der Waals surface area contributed by atoms with Crippen LogP contribution in [0.3, 0.4) is 0 Å². The molecule has 2 heterocycles. The zero-order valence-electron chi connectivity index (χ0n) is 9.09. The van der Waals surface area contributed by atoms with Gasteiger partial charge in [0.1, 0.15) is 0 Å². The smallest absolute Gasteiger partial charge is 0.00870 e. The first-order valence-corrected chi connectivity index (χ1v) is 7.02. The van der Waals surface area contributed by atoms with Gasteiger partial charge >= 0.3 is 0 Å². The van der Waals surface area contributed by atoms with Gasteiger partial charge in [0.25, 0.3) is 0 Å². The first-order valence-electron chi connectivity index (χ1n) is 5.39. The topological polar surface area (TPSA) is 0 Å². The van der Waals surface area contributed by atoms with E-state index in [2.05, 4.69) is 26.0 Å². The quantitative estimate of drug-likeness (QED) is 0.643. The third kappa shape index (κ3) is 1.66. The van der Waals surface area contributed by atoms with Crippen molar-refractivity contribution in [3.05, 3.63) is 42.8 Å². The summed E-state index contributed by atoms with van der Waals surface area (Å²) in [7, 11) is 0. The van der Waals surface area contributed by atoms with E-state index in [1.54, 1.807) is 20.9 Å². The van der Waals surface area contributed by atoms with E-state index in [-0.39, 0.29) is 0 Å². The van der Waals surface area contributed by atoms with E-state index in [1.807, 2.05) is 22.7 Å². The average Bonchev–Trinajstić information content (AvgIpc) is 2.65. The second-order valence-electron chi connectivity index (χ2n) is 4.29. The second-order valence-corrected chi connectivity index (χ2v) is 6.97. The van der Waals surface area contributed by atoms with Gasteiger partial charge in [0.2, 0.25) is 0 Å². The average molecular weight is 234 g/mol. The Morgan fingerprint density at radius 1 is 0.867 bits per heavy atom. The highest BCUT2D eigenvalue weighted by Crippen LogP contribution is 2.33. The van der Waals surface area contributed by atoms with Crippen molar-refractivity contribution in [3.8, 4) is 0 Å². The summed E-state index contributed by atoms with van der Waals surface area (Å²) >= 11 is 3.97. The van der Waals surface area contributed by atoms with Crippen LogP contribution in [0.5, 0.6) is 0 Å². The number of hydrogen-bond acceptors (Lipinski definition) is 2. The van der Waals surface area contributed by atoms with Crippen molar-refractivity contribution in [2.75, 3.05) is 0 Å². The van der Waals surface area contributed by atoms with Gasteiger partial charge < -0.3 is 0 Å². The fourth-order valence-electron chi connectivity index (χ4n) is 2.39. The minimum absolute atomic E-state index is 1.17. The Hall–Kier alpha value is -0.600. The Morgan fingerprint density at radius 2 is 1.33 bits per heavy atom. The maximum atomic E-state index is 2.38. The molecule has 0 spiro atoms. The summed E-state index contributed by atoms with van der Waals surface area (Å²) in [4.78, 5) is 6.17. The molecule has 0 nitrogen and oxygen atoms in total. The molecule has 0 atom stereocenters. The number of aryl methyl sites for hydroxylation is 4. The van der Waals surface area contributed by atoms with Crippen molar-refractivity contribution in [3.63, 3.8) is 0 Å². The molecule has 0 radical (unpaired) electrons. The minimum Gasteiger partial charge on any atom is -0.145 e. The number of fused-ring (bicyclic) bond motifs is 2. The van der Waals surface area contributed by atoms with Gasteiger partial charge in [-0.2, -0.15) is 0 Å². The summed E-state index contributed by atoms with van der Waals surface area (Å²) in [5.41, 5.74) is 3.16. The lowest BCUT2D eigenvalue weighted by atomic mass is 10.1. The zero-order valence-corrected chi connectivity index (χ0v) is 10.7. The molecular weight excluding hydrogens is 220 g/mol. The van der Waals surface area contributed by atoms with E-state index < -0.39 is 0 Å². The van der Waals surface area contributed by atoms with Gasteiger partial charge in [-0.25, -0.2) is 0 Å². The standard InChI is InChI=1S/C13H14S2/c1-8-5-10-7-11-6-9(2)15-13(11)4-3-12(10)14-8/h5-6H,3-4,7H2,1-2H3. The molecule has 0 aromatic carbocycles. The zero-order chi connectivity index (χ0) is 10.4. The van der Waals surface area contributed by atoms with E-state index in [0.717, 1.165) is 0 Å². The Labute approximate surface area is 98.6 Å². The molecule has 0 saturated carbocycles. The first kappa shape index (κ1) is 9.61. The van der Waals surface area contributed by atoms with E-state index >= 15 is 0 Å². The summed E-state index contributed by atoms with van der Waals surface area (Å²) in [6.07, 6.45) is 3.67. The van der Waals surface area contributed by atoms with Crippen molar-refractivity contribution in [1.29, 1.82) is 0 Å². The van der Waals surface area contributed by atoms with E-state index in [4.69, 9.17) is 0 Å². The summed E-state index contributed by atoms with van der Waals surface area (Å²) in [6, 6.07) is 4.75. The van der Waals surface area contributed by atoms with Crippen LogP contribution in [-0.4, -0.2) is 0 Å². The SMILES string of the molecule is Cc1cc2c(s1)CCc1sc(C)cc1C2. The fourth-order valence-corrected chi connectivity index (χ4v) is 4.50. The fraction of sp³-hybridized carbons (Fsp3) is 0.385. The maximum absolute atomic E-state index is 2.38. The molecular formula is C13H14S2. The lowest BCUT2D eigenvalue weighted by molar-refractivity contribution is 1.01. The van der Waals surface area contributed by atoms with Crippen LogP contribution in [0.25, 0.3) is 0 Å². The number of hydrogen-bond donors (Lipinski definition) is 0. The Kier molecular flexibility index (Phi) is 2.22. The molecule has 2 heteroatoms. The maximum Gasteiger partial charge on any atom is 0.00870 e. The number of rotatable bonds is 0. The molecule has 0 aliphatic heterocycles. The van der Waals surface area contributed by atoms with Crippen LogP contribution >= 0.6 is 22.7 Å². The van der Waals surface area contributed by atoms with Gasteiger partial charge in [0.05, 0.1) is 0 Å². The van der Waals surface area contributed by atoms with Crippen LogP contribution in [0.2, 0.25) is 0 Å². The van der Waals surface area contributed by atoms with Gasteiger partial charge in [-0.05, 0) is 56.4 Å². The Bertz CT molecular complexity index is 456. The summed E-state index contributed by atoms with van der Waals surface area (Å²) in [6.45, 7) is 4.44. The molecule has 1 aliphatic rings. The molecule has 0 N–H and O–H groups in total. The summed E-state index contributed by atoms with van der Waals surface area (Å²) < 4.78 is 0. The molecule has 3 rings (SSSR count). The van der Waals surface area contributed by atoms with Crippen molar-refractivity contribution in [2.45, 2.75) is 33.1 Å². The van der Waals surface area contributed by atoms with Crippen LogP contribution in [0.15, 0.2) is 12.1 Å². The van der Waals surface area contributed by atoms with Crippen molar-refractivity contribution < 1.29 is 0 Å².